The molecule has 1 amide bonds. The van der Waals surface area contributed by atoms with Gasteiger partial charge in [0.25, 0.3) is 11.6 Å². The normalized spacial score (nSPS) is 20.7. The van der Waals surface area contributed by atoms with Crippen molar-refractivity contribution < 1.29 is 14.8 Å². The lowest BCUT2D eigenvalue weighted by Crippen LogP contribution is -2.34. The Morgan fingerprint density at radius 1 is 1.52 bits per heavy atom. The van der Waals surface area contributed by atoms with Crippen molar-refractivity contribution in [2.75, 3.05) is 19.6 Å². The van der Waals surface area contributed by atoms with Gasteiger partial charge in [-0.3, -0.25) is 14.9 Å². The number of aliphatic hydroxyl groups is 1. The summed E-state index contributed by atoms with van der Waals surface area (Å²) in [6.07, 6.45) is -0.471. The number of β-amino-alcohol motifs (C(OH)–C–C–N with tert-alkyl or cyclic N) is 1. The average molecular weight is 316 g/mol. The highest BCUT2D eigenvalue weighted by Gasteiger charge is 2.25. The van der Waals surface area contributed by atoms with E-state index < -0.39 is 11.0 Å². The van der Waals surface area contributed by atoms with Crippen molar-refractivity contribution >= 4 is 24.0 Å². The SMILES string of the molecule is Cc1ccc([N+](=O)[O-])cc1C(=O)NCC1CNCC1O.Cl. The Morgan fingerprint density at radius 2 is 2.24 bits per heavy atom. The molecule has 1 fully saturated rings. The fraction of sp³-hybridized carbons (Fsp3) is 0.462. The zero-order valence-corrected chi connectivity index (χ0v) is 12.4. The summed E-state index contributed by atoms with van der Waals surface area (Å²) in [6.45, 7) is 3.24. The summed E-state index contributed by atoms with van der Waals surface area (Å²) < 4.78 is 0. The second-order valence-electron chi connectivity index (χ2n) is 4.95. The molecule has 7 nitrogen and oxygen atoms in total. The van der Waals surface area contributed by atoms with Gasteiger partial charge in [-0.1, -0.05) is 6.07 Å². The Kier molecular flexibility index (Phi) is 6.07. The second-order valence-corrected chi connectivity index (χ2v) is 4.95. The molecule has 2 rings (SSSR count). The van der Waals surface area contributed by atoms with Gasteiger partial charge in [0.05, 0.1) is 11.0 Å². The van der Waals surface area contributed by atoms with Crippen LogP contribution in [0.15, 0.2) is 18.2 Å². The molecule has 2 unspecified atom stereocenters. The van der Waals surface area contributed by atoms with E-state index in [9.17, 15) is 20.0 Å². The molecule has 0 radical (unpaired) electrons. The third kappa shape index (κ3) is 4.13. The van der Waals surface area contributed by atoms with Crippen molar-refractivity contribution in [1.82, 2.24) is 10.6 Å². The summed E-state index contributed by atoms with van der Waals surface area (Å²) >= 11 is 0. The van der Waals surface area contributed by atoms with Gasteiger partial charge in [0.1, 0.15) is 0 Å². The largest absolute Gasteiger partial charge is 0.391 e. The predicted octanol–water partition coefficient (Wildman–Crippen LogP) is 0.635. The van der Waals surface area contributed by atoms with Gasteiger partial charge in [-0.15, -0.1) is 12.4 Å². The smallest absolute Gasteiger partial charge is 0.270 e. The average Bonchev–Trinajstić information content (AvgIpc) is 2.81. The van der Waals surface area contributed by atoms with Crippen LogP contribution in [0.2, 0.25) is 0 Å². The Bertz CT molecular complexity index is 538. The number of rotatable bonds is 4. The third-order valence-electron chi connectivity index (χ3n) is 3.51. The Morgan fingerprint density at radius 3 is 2.81 bits per heavy atom. The van der Waals surface area contributed by atoms with E-state index in [4.69, 9.17) is 0 Å². The van der Waals surface area contributed by atoms with Gasteiger partial charge in [0, 0.05) is 43.2 Å². The van der Waals surface area contributed by atoms with Crippen LogP contribution in [0.4, 0.5) is 5.69 Å². The van der Waals surface area contributed by atoms with Crippen molar-refractivity contribution in [3.05, 3.63) is 39.4 Å². The van der Waals surface area contributed by atoms with Crippen LogP contribution in [0.25, 0.3) is 0 Å². The first-order valence-electron chi connectivity index (χ1n) is 6.41. The van der Waals surface area contributed by atoms with Crippen molar-refractivity contribution in [2.24, 2.45) is 5.92 Å². The standard InChI is InChI=1S/C13H17N3O4.ClH/c1-8-2-3-10(16(19)20)4-11(8)13(18)15-6-9-5-14-7-12(9)17;/h2-4,9,12,14,17H,5-7H2,1H3,(H,15,18);1H. The van der Waals surface area contributed by atoms with Gasteiger partial charge < -0.3 is 15.7 Å². The maximum atomic E-state index is 12.1. The van der Waals surface area contributed by atoms with Gasteiger partial charge in [-0.2, -0.15) is 0 Å². The zero-order valence-electron chi connectivity index (χ0n) is 11.5. The molecular weight excluding hydrogens is 298 g/mol. The van der Waals surface area contributed by atoms with E-state index in [0.29, 0.717) is 30.8 Å². The number of nitrogens with zero attached hydrogens (tertiary/aromatic N) is 1. The van der Waals surface area contributed by atoms with Crippen molar-refractivity contribution in [3.8, 4) is 0 Å². The summed E-state index contributed by atoms with van der Waals surface area (Å²) in [4.78, 5) is 22.3. The Labute approximate surface area is 128 Å². The van der Waals surface area contributed by atoms with Gasteiger partial charge in [0.2, 0.25) is 0 Å². The van der Waals surface area contributed by atoms with Crippen LogP contribution in [0, 0.1) is 23.0 Å². The summed E-state index contributed by atoms with van der Waals surface area (Å²) in [7, 11) is 0. The molecule has 1 saturated heterocycles. The molecule has 1 aliphatic rings. The van der Waals surface area contributed by atoms with Crippen LogP contribution >= 0.6 is 12.4 Å². The highest BCUT2D eigenvalue weighted by molar-refractivity contribution is 5.96. The van der Waals surface area contributed by atoms with Crippen LogP contribution < -0.4 is 10.6 Å². The van der Waals surface area contributed by atoms with Crippen LogP contribution in [0.5, 0.6) is 0 Å². The number of hydrogen-bond acceptors (Lipinski definition) is 5. The topological polar surface area (TPSA) is 104 Å². The fourth-order valence-corrected chi connectivity index (χ4v) is 2.21. The Balaban J connectivity index is 0.00000220. The van der Waals surface area contributed by atoms with Crippen molar-refractivity contribution in [2.45, 2.75) is 13.0 Å². The van der Waals surface area contributed by atoms with Gasteiger partial charge >= 0.3 is 0 Å². The maximum Gasteiger partial charge on any atom is 0.270 e. The maximum absolute atomic E-state index is 12.1. The molecule has 2 atom stereocenters. The molecule has 0 aromatic heterocycles. The first-order valence-corrected chi connectivity index (χ1v) is 6.41. The summed E-state index contributed by atoms with van der Waals surface area (Å²) in [5.74, 6) is -0.386. The first kappa shape index (κ1) is 17.4. The lowest BCUT2D eigenvalue weighted by atomic mass is 10.0. The number of halogens is 1. The monoisotopic (exact) mass is 315 g/mol. The second kappa shape index (κ2) is 7.35. The molecule has 0 spiro atoms. The van der Waals surface area contributed by atoms with Gasteiger partial charge in [-0.05, 0) is 12.5 Å². The fourth-order valence-electron chi connectivity index (χ4n) is 2.21. The molecule has 8 heteroatoms. The van der Waals surface area contributed by atoms with Crippen LogP contribution in [0.1, 0.15) is 15.9 Å². The van der Waals surface area contributed by atoms with Gasteiger partial charge in [-0.25, -0.2) is 0 Å². The quantitative estimate of drug-likeness (QED) is 0.558. The summed E-state index contributed by atoms with van der Waals surface area (Å²) in [6, 6.07) is 4.20. The highest BCUT2D eigenvalue weighted by atomic mass is 35.5. The number of nitro groups is 1. The molecule has 0 aliphatic carbocycles. The summed E-state index contributed by atoms with van der Waals surface area (Å²) in [5.41, 5.74) is 0.862. The Hall–Kier alpha value is -1.70. The lowest BCUT2D eigenvalue weighted by molar-refractivity contribution is -0.384. The van der Waals surface area contributed by atoms with E-state index in [1.165, 1.54) is 12.1 Å². The number of nitro benzene ring substituents is 1. The number of hydrogen-bond donors (Lipinski definition) is 3. The highest BCUT2D eigenvalue weighted by Crippen LogP contribution is 2.17. The minimum Gasteiger partial charge on any atom is -0.391 e. The van der Waals surface area contributed by atoms with E-state index in [1.807, 2.05) is 0 Å². The van der Waals surface area contributed by atoms with Crippen molar-refractivity contribution in [3.63, 3.8) is 0 Å². The number of non-ortho nitro benzene ring substituents is 1. The molecule has 3 N–H and O–H groups in total. The van der Waals surface area contributed by atoms with E-state index in [1.54, 1.807) is 13.0 Å². The number of aryl methyl sites for hydroxylation is 1. The molecule has 1 aromatic rings. The summed E-state index contributed by atoms with van der Waals surface area (Å²) in [5, 5.41) is 26.1. The number of amides is 1. The molecule has 0 saturated carbocycles. The van der Waals surface area contributed by atoms with Crippen LogP contribution in [-0.4, -0.2) is 41.7 Å². The number of benzene rings is 1. The first-order chi connectivity index (χ1) is 9.49. The molecule has 21 heavy (non-hydrogen) atoms. The van der Waals surface area contributed by atoms with Gasteiger partial charge in [0.15, 0.2) is 0 Å². The number of nitrogens with one attached hydrogen (secondary N) is 2. The molecule has 1 heterocycles. The van der Waals surface area contributed by atoms with E-state index >= 15 is 0 Å². The van der Waals surface area contributed by atoms with E-state index in [-0.39, 0.29) is 29.9 Å². The predicted molar refractivity (Wildman–Crippen MR) is 79.8 cm³/mol. The van der Waals surface area contributed by atoms with Crippen LogP contribution in [0.3, 0.4) is 0 Å². The number of aliphatic hydroxyl groups excluding tert-OH is 1. The van der Waals surface area contributed by atoms with E-state index in [2.05, 4.69) is 10.6 Å². The molecular formula is C13H18ClN3O4. The molecule has 1 aliphatic heterocycles. The molecule has 0 bridgehead atoms. The number of carbonyl (C=O) groups excluding carboxylic acids is 1. The molecule has 1 aromatic carbocycles. The molecule has 116 valence electrons. The van der Waals surface area contributed by atoms with E-state index in [0.717, 1.165) is 0 Å². The zero-order chi connectivity index (χ0) is 14.7. The third-order valence-corrected chi connectivity index (χ3v) is 3.51. The number of carbonyl (C=O) groups is 1. The minimum absolute atomic E-state index is 0. The van der Waals surface area contributed by atoms with Crippen molar-refractivity contribution in [1.29, 1.82) is 0 Å². The van der Waals surface area contributed by atoms with Crippen LogP contribution in [-0.2, 0) is 0 Å². The lowest BCUT2D eigenvalue weighted by Gasteiger charge is -2.14. The minimum atomic E-state index is -0.527.